The predicted molar refractivity (Wildman–Crippen MR) is 104 cm³/mol. The molecule has 4 atom stereocenters. The van der Waals surface area contributed by atoms with Gasteiger partial charge in [-0.05, 0) is 55.8 Å². The molecule has 0 aromatic carbocycles. The lowest BCUT2D eigenvalue weighted by molar-refractivity contribution is 0.266. The molecular weight excluding hydrogens is 338 g/mol. The minimum absolute atomic E-state index is 0.318. The molecule has 7 heteroatoms. The number of hydrogen-bond donors (Lipinski definition) is 4. The highest BCUT2D eigenvalue weighted by atomic mass is 15.4. The van der Waals surface area contributed by atoms with Crippen molar-refractivity contribution in [2.24, 2.45) is 11.8 Å². The van der Waals surface area contributed by atoms with E-state index in [9.17, 15) is 0 Å². The second-order valence-corrected chi connectivity index (χ2v) is 8.21. The Morgan fingerprint density at radius 2 is 2.04 bits per heavy atom. The minimum atomic E-state index is 0.318. The SMILES string of the molecule is c1cncc(C2CC3C(CN2)NNC3c2cnn(CC3CCNCC3)c2)c1. The molecule has 0 radical (unpaired) electrons. The van der Waals surface area contributed by atoms with Crippen LogP contribution in [-0.4, -0.2) is 40.4 Å². The molecule has 0 aliphatic carbocycles. The normalized spacial score (nSPS) is 31.7. The van der Waals surface area contributed by atoms with Crippen LogP contribution in [0.5, 0.6) is 0 Å². The lowest BCUT2D eigenvalue weighted by Gasteiger charge is -2.34. The van der Waals surface area contributed by atoms with E-state index in [0.29, 0.717) is 24.0 Å². The van der Waals surface area contributed by atoms with Crippen LogP contribution in [0.3, 0.4) is 0 Å². The maximum absolute atomic E-state index is 4.67. The molecule has 144 valence electrons. The zero-order chi connectivity index (χ0) is 18.1. The molecule has 5 rings (SSSR count). The smallest absolute Gasteiger partial charge is 0.0538 e. The summed E-state index contributed by atoms with van der Waals surface area (Å²) < 4.78 is 2.15. The number of aromatic nitrogens is 3. The largest absolute Gasteiger partial charge is 0.317 e. The van der Waals surface area contributed by atoms with E-state index in [0.717, 1.165) is 38.5 Å². The Balaban J connectivity index is 1.28. The van der Waals surface area contributed by atoms with Crippen LogP contribution in [0, 0.1) is 11.8 Å². The highest BCUT2D eigenvalue weighted by Gasteiger charge is 2.41. The molecule has 0 amide bonds. The molecular formula is C20H29N7. The van der Waals surface area contributed by atoms with Crippen LogP contribution in [0.2, 0.25) is 0 Å². The number of hydrazine groups is 1. The summed E-state index contributed by atoms with van der Waals surface area (Å²) in [5.74, 6) is 1.29. The molecule has 2 aromatic rings. The van der Waals surface area contributed by atoms with Gasteiger partial charge >= 0.3 is 0 Å². The summed E-state index contributed by atoms with van der Waals surface area (Å²) >= 11 is 0. The van der Waals surface area contributed by atoms with Gasteiger partial charge in [0.1, 0.15) is 0 Å². The summed E-state index contributed by atoms with van der Waals surface area (Å²) in [4.78, 5) is 4.29. The lowest BCUT2D eigenvalue weighted by atomic mass is 9.81. The van der Waals surface area contributed by atoms with Crippen LogP contribution in [0.15, 0.2) is 36.9 Å². The summed E-state index contributed by atoms with van der Waals surface area (Å²) in [5.41, 5.74) is 9.61. The molecule has 0 bridgehead atoms. The topological polar surface area (TPSA) is 78.8 Å². The first-order valence-corrected chi connectivity index (χ1v) is 10.2. The molecule has 3 aliphatic rings. The molecule has 0 spiro atoms. The van der Waals surface area contributed by atoms with Gasteiger partial charge < -0.3 is 10.6 Å². The Morgan fingerprint density at radius 3 is 2.89 bits per heavy atom. The second kappa shape index (κ2) is 7.67. The summed E-state index contributed by atoms with van der Waals surface area (Å²) in [6.07, 6.45) is 11.7. The van der Waals surface area contributed by atoms with Gasteiger partial charge in [-0.3, -0.25) is 15.1 Å². The number of pyridine rings is 1. The van der Waals surface area contributed by atoms with Crippen LogP contribution in [0.25, 0.3) is 0 Å². The number of nitrogens with one attached hydrogen (secondary N) is 4. The van der Waals surface area contributed by atoms with E-state index in [1.165, 1.54) is 24.0 Å². The summed E-state index contributed by atoms with van der Waals surface area (Å²) in [6, 6.07) is 5.34. The average Bonchev–Trinajstić information content (AvgIpc) is 3.35. The number of piperidine rings is 2. The van der Waals surface area contributed by atoms with Gasteiger partial charge in [0.05, 0.1) is 12.2 Å². The van der Waals surface area contributed by atoms with Crippen molar-refractivity contribution < 1.29 is 0 Å². The van der Waals surface area contributed by atoms with Crippen LogP contribution in [0.1, 0.15) is 42.5 Å². The predicted octanol–water partition coefficient (Wildman–Crippen LogP) is 1.15. The van der Waals surface area contributed by atoms with E-state index < -0.39 is 0 Å². The number of fused-ring (bicyclic) bond motifs is 1. The third-order valence-electron chi connectivity index (χ3n) is 6.46. The van der Waals surface area contributed by atoms with E-state index in [1.54, 1.807) is 0 Å². The van der Waals surface area contributed by atoms with Gasteiger partial charge in [-0.25, -0.2) is 5.43 Å². The molecule has 0 saturated carbocycles. The van der Waals surface area contributed by atoms with Crippen molar-refractivity contribution in [1.82, 2.24) is 36.2 Å². The fourth-order valence-corrected chi connectivity index (χ4v) is 4.91. The van der Waals surface area contributed by atoms with E-state index in [2.05, 4.69) is 54.7 Å². The minimum Gasteiger partial charge on any atom is -0.317 e. The van der Waals surface area contributed by atoms with E-state index >= 15 is 0 Å². The van der Waals surface area contributed by atoms with Crippen molar-refractivity contribution in [3.63, 3.8) is 0 Å². The zero-order valence-corrected chi connectivity index (χ0v) is 15.6. The number of nitrogens with zero attached hydrogens (tertiary/aromatic N) is 3. The third-order valence-corrected chi connectivity index (χ3v) is 6.46. The zero-order valence-electron chi connectivity index (χ0n) is 15.6. The Kier molecular flexibility index (Phi) is 4.92. The first kappa shape index (κ1) is 17.3. The van der Waals surface area contributed by atoms with E-state index in [4.69, 9.17) is 0 Å². The van der Waals surface area contributed by atoms with E-state index in [1.807, 2.05) is 18.5 Å². The van der Waals surface area contributed by atoms with Crippen LogP contribution < -0.4 is 21.5 Å². The van der Waals surface area contributed by atoms with Crippen LogP contribution in [0.4, 0.5) is 0 Å². The second-order valence-electron chi connectivity index (χ2n) is 8.21. The molecule has 27 heavy (non-hydrogen) atoms. The van der Waals surface area contributed by atoms with Crippen molar-refractivity contribution in [1.29, 1.82) is 0 Å². The molecule has 4 N–H and O–H groups in total. The van der Waals surface area contributed by atoms with Gasteiger partial charge in [0, 0.05) is 49.3 Å². The Morgan fingerprint density at radius 1 is 1.11 bits per heavy atom. The van der Waals surface area contributed by atoms with Gasteiger partial charge in [0.2, 0.25) is 0 Å². The molecule has 4 unspecified atom stereocenters. The van der Waals surface area contributed by atoms with Gasteiger partial charge in [-0.1, -0.05) is 6.07 Å². The Hall–Kier alpha value is -1.80. The molecule has 2 aromatic heterocycles. The van der Waals surface area contributed by atoms with Crippen molar-refractivity contribution in [2.75, 3.05) is 19.6 Å². The van der Waals surface area contributed by atoms with Crippen molar-refractivity contribution in [3.8, 4) is 0 Å². The van der Waals surface area contributed by atoms with Gasteiger partial charge in [-0.2, -0.15) is 5.10 Å². The first-order chi connectivity index (χ1) is 13.4. The standard InChI is InChI=1S/C20H29N7/c1-2-15(9-22-5-1)18-8-17-19(11-23-18)25-26-20(17)16-10-24-27(13-16)12-14-3-6-21-7-4-14/h1-2,5,9-10,13-14,17-21,23,25-26H,3-4,6-8,11-12H2. The summed E-state index contributed by atoms with van der Waals surface area (Å²) in [5, 5.41) is 11.8. The van der Waals surface area contributed by atoms with Crippen molar-refractivity contribution in [2.45, 2.75) is 43.9 Å². The Labute approximate surface area is 160 Å². The Bertz CT molecular complexity index is 740. The first-order valence-electron chi connectivity index (χ1n) is 10.2. The maximum Gasteiger partial charge on any atom is 0.0538 e. The number of rotatable bonds is 4. The highest BCUT2D eigenvalue weighted by molar-refractivity contribution is 5.20. The summed E-state index contributed by atoms with van der Waals surface area (Å²) in [6.45, 7) is 4.28. The fourth-order valence-electron chi connectivity index (χ4n) is 4.91. The monoisotopic (exact) mass is 367 g/mol. The van der Waals surface area contributed by atoms with Crippen LogP contribution in [-0.2, 0) is 6.54 Å². The van der Waals surface area contributed by atoms with Gasteiger partial charge in [-0.15, -0.1) is 0 Å². The molecule has 3 saturated heterocycles. The van der Waals surface area contributed by atoms with Crippen LogP contribution >= 0.6 is 0 Å². The lowest BCUT2D eigenvalue weighted by Crippen LogP contribution is -2.46. The van der Waals surface area contributed by atoms with Gasteiger partial charge in [0.25, 0.3) is 0 Å². The summed E-state index contributed by atoms with van der Waals surface area (Å²) in [7, 11) is 0. The highest BCUT2D eigenvalue weighted by Crippen LogP contribution is 2.38. The van der Waals surface area contributed by atoms with Crippen molar-refractivity contribution in [3.05, 3.63) is 48.0 Å². The molecule has 3 aliphatic heterocycles. The fraction of sp³-hybridized carbons (Fsp3) is 0.600. The molecule has 3 fully saturated rings. The molecule has 5 heterocycles. The maximum atomic E-state index is 4.67. The average molecular weight is 368 g/mol. The molecule has 7 nitrogen and oxygen atoms in total. The van der Waals surface area contributed by atoms with E-state index in [-0.39, 0.29) is 0 Å². The van der Waals surface area contributed by atoms with Gasteiger partial charge in [0.15, 0.2) is 0 Å². The quantitative estimate of drug-likeness (QED) is 0.649. The number of hydrogen-bond acceptors (Lipinski definition) is 6. The third kappa shape index (κ3) is 3.65. The van der Waals surface area contributed by atoms with Crippen molar-refractivity contribution >= 4 is 0 Å².